The number of hydrogen-bond acceptors (Lipinski definition) is 4. The summed E-state index contributed by atoms with van der Waals surface area (Å²) in [6.07, 6.45) is 0. The van der Waals surface area contributed by atoms with Gasteiger partial charge in [-0.2, -0.15) is 0 Å². The van der Waals surface area contributed by atoms with Crippen LogP contribution in [0.15, 0.2) is 55.8 Å². The highest BCUT2D eigenvalue weighted by atomic mass is 79.9. The van der Waals surface area contributed by atoms with Gasteiger partial charge in [0, 0.05) is 10.0 Å². The predicted octanol–water partition coefficient (Wildman–Crippen LogP) is 5.94. The number of aliphatic hydroxyl groups is 1. The number of rotatable bonds is 6. The highest BCUT2D eigenvalue weighted by Crippen LogP contribution is 2.33. The van der Waals surface area contributed by atoms with Gasteiger partial charge in [0.15, 0.2) is 6.61 Å². The van der Waals surface area contributed by atoms with E-state index in [9.17, 15) is 4.79 Å². The number of ether oxygens (including phenoxy) is 1. The number of halogens is 3. The summed E-state index contributed by atoms with van der Waals surface area (Å²) in [7, 11) is 0. The highest BCUT2D eigenvalue weighted by molar-refractivity contribution is 9.11. The van der Waals surface area contributed by atoms with Gasteiger partial charge in [0.2, 0.25) is 0 Å². The first kappa shape index (κ1) is 20.9. The molecule has 0 saturated heterocycles. The van der Waals surface area contributed by atoms with Crippen LogP contribution in [0.25, 0.3) is 11.3 Å². The van der Waals surface area contributed by atoms with E-state index in [4.69, 9.17) is 25.9 Å². The monoisotopic (exact) mass is 527 g/mol. The molecule has 0 spiro atoms. The molecule has 0 saturated carbocycles. The van der Waals surface area contributed by atoms with Gasteiger partial charge in [-0.15, -0.1) is 0 Å². The van der Waals surface area contributed by atoms with Crippen LogP contribution < -0.4 is 10.1 Å². The van der Waals surface area contributed by atoms with Gasteiger partial charge in [-0.05, 0) is 70.9 Å². The Bertz CT molecular complexity index is 996. The average Bonchev–Trinajstić information content (AvgIpc) is 3.12. The Morgan fingerprint density at radius 2 is 2.00 bits per heavy atom. The summed E-state index contributed by atoms with van der Waals surface area (Å²) in [6, 6.07) is 12.3. The van der Waals surface area contributed by atoms with Gasteiger partial charge in [-0.1, -0.05) is 27.5 Å². The van der Waals surface area contributed by atoms with Gasteiger partial charge in [0.25, 0.3) is 5.91 Å². The molecular formula is C20H16Br2ClNO4. The summed E-state index contributed by atoms with van der Waals surface area (Å²) in [5, 5.41) is 12.3. The summed E-state index contributed by atoms with van der Waals surface area (Å²) < 4.78 is 12.9. The zero-order valence-corrected chi connectivity index (χ0v) is 18.7. The molecule has 1 heterocycles. The van der Waals surface area contributed by atoms with Gasteiger partial charge < -0.3 is 19.6 Å². The lowest BCUT2D eigenvalue weighted by Crippen LogP contribution is -2.20. The van der Waals surface area contributed by atoms with Crippen molar-refractivity contribution in [1.82, 2.24) is 0 Å². The molecule has 0 aliphatic rings. The number of carbonyl (C=O) groups is 1. The Morgan fingerprint density at radius 3 is 2.68 bits per heavy atom. The number of nitrogens with one attached hydrogen (secondary N) is 1. The second kappa shape index (κ2) is 9.13. The minimum absolute atomic E-state index is 0.170. The normalized spacial score (nSPS) is 10.8. The van der Waals surface area contributed by atoms with Gasteiger partial charge >= 0.3 is 0 Å². The van der Waals surface area contributed by atoms with Crippen LogP contribution in [-0.2, 0) is 11.4 Å². The van der Waals surface area contributed by atoms with Crippen molar-refractivity contribution in [3.63, 3.8) is 0 Å². The first-order chi connectivity index (χ1) is 13.4. The Kier molecular flexibility index (Phi) is 6.82. The first-order valence-electron chi connectivity index (χ1n) is 8.25. The van der Waals surface area contributed by atoms with Crippen molar-refractivity contribution in [3.05, 3.63) is 67.8 Å². The van der Waals surface area contributed by atoms with E-state index in [0.717, 1.165) is 20.1 Å². The molecule has 1 aromatic heterocycles. The lowest BCUT2D eigenvalue weighted by atomic mass is 10.1. The first-order valence-corrected chi connectivity index (χ1v) is 10.2. The predicted molar refractivity (Wildman–Crippen MR) is 116 cm³/mol. The molecule has 2 aromatic carbocycles. The molecule has 3 aromatic rings. The molecule has 146 valence electrons. The third-order valence-electron chi connectivity index (χ3n) is 3.88. The largest absolute Gasteiger partial charge is 0.482 e. The lowest BCUT2D eigenvalue weighted by Gasteiger charge is -2.13. The molecule has 1 amide bonds. The molecule has 0 bridgehead atoms. The number of furan rings is 1. The molecule has 8 heteroatoms. The summed E-state index contributed by atoms with van der Waals surface area (Å²) >= 11 is 13.1. The second-order valence-electron chi connectivity index (χ2n) is 5.99. The van der Waals surface area contributed by atoms with Crippen LogP contribution in [0, 0.1) is 6.92 Å². The number of carbonyl (C=O) groups excluding carboxylic acids is 1. The fraction of sp³-hybridized carbons (Fsp3) is 0.150. The fourth-order valence-corrected chi connectivity index (χ4v) is 4.31. The molecule has 2 N–H and O–H groups in total. The maximum atomic E-state index is 12.3. The minimum Gasteiger partial charge on any atom is -0.482 e. The van der Waals surface area contributed by atoms with Crippen LogP contribution >= 0.6 is 43.5 Å². The Labute approximate surface area is 183 Å². The molecule has 0 atom stereocenters. The number of aliphatic hydroxyl groups excluding tert-OH is 1. The summed E-state index contributed by atoms with van der Waals surface area (Å²) in [6.45, 7) is 1.55. The summed E-state index contributed by atoms with van der Waals surface area (Å²) in [5.74, 6) is 1.29. The molecule has 28 heavy (non-hydrogen) atoms. The van der Waals surface area contributed by atoms with Crippen LogP contribution in [-0.4, -0.2) is 17.6 Å². The molecule has 3 rings (SSSR count). The van der Waals surface area contributed by atoms with Crippen molar-refractivity contribution in [2.24, 2.45) is 0 Å². The van der Waals surface area contributed by atoms with Gasteiger partial charge in [-0.3, -0.25) is 4.79 Å². The maximum absolute atomic E-state index is 12.3. The van der Waals surface area contributed by atoms with E-state index in [1.807, 2.05) is 19.1 Å². The van der Waals surface area contributed by atoms with E-state index < -0.39 is 0 Å². The van der Waals surface area contributed by atoms with Crippen LogP contribution in [0.2, 0.25) is 5.02 Å². The fourth-order valence-electron chi connectivity index (χ4n) is 2.59. The van der Waals surface area contributed by atoms with Crippen molar-refractivity contribution in [3.8, 4) is 17.1 Å². The van der Waals surface area contributed by atoms with E-state index >= 15 is 0 Å². The van der Waals surface area contributed by atoms with Gasteiger partial charge in [-0.25, -0.2) is 0 Å². The Balaban J connectivity index is 1.71. The molecule has 0 aliphatic heterocycles. The van der Waals surface area contributed by atoms with Crippen LogP contribution in [0.1, 0.15) is 11.3 Å². The zero-order valence-electron chi connectivity index (χ0n) is 14.8. The number of anilines is 1. The highest BCUT2D eigenvalue weighted by Gasteiger charge is 2.13. The van der Waals surface area contributed by atoms with Gasteiger partial charge in [0.1, 0.15) is 23.9 Å². The van der Waals surface area contributed by atoms with Crippen molar-refractivity contribution < 1.29 is 19.1 Å². The van der Waals surface area contributed by atoms with E-state index in [1.165, 1.54) is 0 Å². The topological polar surface area (TPSA) is 71.7 Å². The molecule has 5 nitrogen and oxygen atoms in total. The quantitative estimate of drug-likeness (QED) is 0.414. The standard InChI is InChI=1S/C20H16Br2ClNO4/c1-11-6-13(21)8-15(22)20(11)27-10-19(26)24-17-7-12(2-4-16(17)23)18-5-3-14(9-25)28-18/h2-8,25H,9-10H2,1H3,(H,24,26). The van der Waals surface area contributed by atoms with E-state index in [-0.39, 0.29) is 19.1 Å². The molecular weight excluding hydrogens is 513 g/mol. The van der Waals surface area contributed by atoms with Crippen LogP contribution in [0.3, 0.4) is 0 Å². The third-order valence-corrected chi connectivity index (χ3v) is 5.26. The Morgan fingerprint density at radius 1 is 1.21 bits per heavy atom. The molecule has 0 aliphatic carbocycles. The van der Waals surface area contributed by atoms with E-state index in [1.54, 1.807) is 30.3 Å². The van der Waals surface area contributed by atoms with E-state index in [2.05, 4.69) is 37.2 Å². The van der Waals surface area contributed by atoms with Crippen molar-refractivity contribution in [2.45, 2.75) is 13.5 Å². The second-order valence-corrected chi connectivity index (χ2v) is 8.17. The van der Waals surface area contributed by atoms with Crippen LogP contribution in [0.5, 0.6) is 5.75 Å². The zero-order chi connectivity index (χ0) is 20.3. The lowest BCUT2D eigenvalue weighted by molar-refractivity contribution is -0.118. The van der Waals surface area contributed by atoms with Crippen molar-refractivity contribution >= 4 is 55.1 Å². The molecule has 0 unspecified atom stereocenters. The van der Waals surface area contributed by atoms with Crippen molar-refractivity contribution in [1.29, 1.82) is 0 Å². The van der Waals surface area contributed by atoms with E-state index in [0.29, 0.717) is 28.0 Å². The molecule has 0 radical (unpaired) electrons. The SMILES string of the molecule is Cc1cc(Br)cc(Br)c1OCC(=O)Nc1cc(-c2ccc(CO)o2)ccc1Cl. The Hall–Kier alpha value is -1.80. The molecule has 0 fully saturated rings. The number of amides is 1. The number of hydrogen-bond donors (Lipinski definition) is 2. The van der Waals surface area contributed by atoms with Crippen LogP contribution in [0.4, 0.5) is 5.69 Å². The third kappa shape index (κ3) is 4.97. The summed E-state index contributed by atoms with van der Waals surface area (Å²) in [5.41, 5.74) is 2.07. The van der Waals surface area contributed by atoms with Gasteiger partial charge in [0.05, 0.1) is 15.2 Å². The van der Waals surface area contributed by atoms with Crippen molar-refractivity contribution in [2.75, 3.05) is 11.9 Å². The summed E-state index contributed by atoms with van der Waals surface area (Å²) in [4.78, 5) is 12.3. The maximum Gasteiger partial charge on any atom is 0.262 e. The average molecular weight is 530 g/mol. The number of aryl methyl sites for hydroxylation is 1. The smallest absolute Gasteiger partial charge is 0.262 e. The number of benzene rings is 2. The minimum atomic E-state index is -0.344.